The smallest absolute Gasteiger partial charge is 0.413 e. The van der Waals surface area contributed by atoms with Crippen molar-refractivity contribution in [3.8, 4) is 11.8 Å². The summed E-state index contributed by atoms with van der Waals surface area (Å²) in [5, 5.41) is 10.6. The summed E-state index contributed by atoms with van der Waals surface area (Å²) in [7, 11) is 0. The molecular weight excluding hydrogens is 402 g/mol. The van der Waals surface area contributed by atoms with E-state index < -0.39 is 29.6 Å². The predicted octanol–water partition coefficient (Wildman–Crippen LogP) is 6.59. The molecule has 1 rings (SSSR count). The largest absolute Gasteiger partial charge is 0.444 e. The van der Waals surface area contributed by atoms with Crippen LogP contribution >= 0.6 is 0 Å². The molecule has 0 aromatic carbocycles. The first-order valence-corrected chi connectivity index (χ1v) is 12.5. The number of hydrogen-bond donors (Lipinski definition) is 1. The van der Waals surface area contributed by atoms with E-state index in [9.17, 15) is 9.90 Å². The third-order valence-corrected chi connectivity index (χ3v) is 5.66. The van der Waals surface area contributed by atoms with Gasteiger partial charge < -0.3 is 14.6 Å². The first-order valence-electron chi connectivity index (χ1n) is 12.5. The van der Waals surface area contributed by atoms with Crippen LogP contribution in [0.4, 0.5) is 4.79 Å². The number of nitrogens with zero attached hydrogens (tertiary/aromatic N) is 1. The quantitative estimate of drug-likeness (QED) is 0.220. The van der Waals surface area contributed by atoms with Gasteiger partial charge in [0.05, 0.1) is 12.6 Å². The molecule has 1 saturated heterocycles. The Morgan fingerprint density at radius 3 is 2.47 bits per heavy atom. The summed E-state index contributed by atoms with van der Waals surface area (Å²) in [4.78, 5) is 14.1. The maximum atomic E-state index is 12.7. The molecule has 1 amide bonds. The van der Waals surface area contributed by atoms with Crippen molar-refractivity contribution in [1.29, 1.82) is 0 Å². The van der Waals surface area contributed by atoms with Gasteiger partial charge in [-0.1, -0.05) is 63.0 Å². The normalized spacial score (nSPS) is 19.4. The molecule has 0 radical (unpaired) electrons. The van der Waals surface area contributed by atoms with Crippen molar-refractivity contribution in [3.63, 3.8) is 0 Å². The lowest BCUT2D eigenvalue weighted by molar-refractivity contribution is -0.0658. The Balaban J connectivity index is 2.44. The van der Waals surface area contributed by atoms with E-state index >= 15 is 0 Å². The first-order chi connectivity index (χ1) is 15.0. The average molecular weight is 450 g/mol. The molecule has 0 aromatic heterocycles. The van der Waals surface area contributed by atoms with Crippen LogP contribution in [0.5, 0.6) is 0 Å². The zero-order valence-corrected chi connectivity index (χ0v) is 21.6. The number of carbonyl (C=O) groups excluding carboxylic acids is 1. The number of unbranched alkanes of at least 4 members (excludes halogenated alkanes) is 7. The highest BCUT2D eigenvalue weighted by atomic mass is 16.6. The predicted molar refractivity (Wildman–Crippen MR) is 131 cm³/mol. The Hall–Kier alpha value is -1.51. The van der Waals surface area contributed by atoms with Crippen LogP contribution in [-0.4, -0.2) is 46.2 Å². The van der Waals surface area contributed by atoms with Crippen LogP contribution in [0.15, 0.2) is 11.6 Å². The molecule has 2 atom stereocenters. The lowest BCUT2D eigenvalue weighted by Gasteiger charge is -2.35. The fourth-order valence-electron chi connectivity index (χ4n) is 3.86. The second kappa shape index (κ2) is 13.9. The molecular formula is C27H47NO4. The molecule has 32 heavy (non-hydrogen) atoms. The summed E-state index contributed by atoms with van der Waals surface area (Å²) < 4.78 is 11.3. The van der Waals surface area contributed by atoms with E-state index in [1.807, 2.05) is 20.8 Å². The second-order valence-electron chi connectivity index (χ2n) is 10.4. The van der Waals surface area contributed by atoms with E-state index in [0.717, 1.165) is 12.8 Å². The van der Waals surface area contributed by atoms with Crippen LogP contribution in [0, 0.1) is 11.8 Å². The number of allylic oxidation sites excluding steroid dienone is 2. The van der Waals surface area contributed by atoms with Crippen molar-refractivity contribution in [3.05, 3.63) is 11.6 Å². The monoisotopic (exact) mass is 449 g/mol. The van der Waals surface area contributed by atoms with E-state index in [1.165, 1.54) is 55.4 Å². The lowest BCUT2D eigenvalue weighted by Crippen LogP contribution is -2.53. The Morgan fingerprint density at radius 2 is 1.84 bits per heavy atom. The zero-order valence-electron chi connectivity index (χ0n) is 21.6. The van der Waals surface area contributed by atoms with Crippen LogP contribution < -0.4 is 0 Å². The topological polar surface area (TPSA) is 59.0 Å². The Kier molecular flexibility index (Phi) is 12.4. The summed E-state index contributed by atoms with van der Waals surface area (Å²) in [6.07, 6.45) is 12.8. The summed E-state index contributed by atoms with van der Waals surface area (Å²) in [5.41, 5.74) is -0.0373. The number of hydrogen-bond acceptors (Lipinski definition) is 4. The van der Waals surface area contributed by atoms with Gasteiger partial charge >= 0.3 is 6.09 Å². The van der Waals surface area contributed by atoms with Crippen LogP contribution in [0.2, 0.25) is 0 Å². The molecule has 5 nitrogen and oxygen atoms in total. The highest BCUT2D eigenvalue weighted by Gasteiger charge is 2.48. The third kappa shape index (κ3) is 10.9. The van der Waals surface area contributed by atoms with Gasteiger partial charge in [-0.05, 0) is 60.8 Å². The SMILES string of the molecule is CCCCCCCCCC(C)=CCCC#C[C@H](O)[C@H]1COC(C)(C)N1C(=O)OC(C)(C)C. The van der Waals surface area contributed by atoms with Crippen molar-refractivity contribution in [2.24, 2.45) is 0 Å². The van der Waals surface area contributed by atoms with Gasteiger partial charge in [-0.2, -0.15) is 0 Å². The van der Waals surface area contributed by atoms with Gasteiger partial charge in [0.2, 0.25) is 0 Å². The number of ether oxygens (including phenoxy) is 2. The van der Waals surface area contributed by atoms with Crippen LogP contribution in [0.1, 0.15) is 113 Å². The standard InChI is InChI=1S/C27H47NO4/c1-8-9-10-11-12-13-15-18-22(2)19-16-14-17-20-24(29)23-21-31-27(6,7)28(23)25(30)32-26(3,4)5/h19,23-24,29H,8-16,18,21H2,1-7H3/t23-,24+/m1/s1. The minimum Gasteiger partial charge on any atom is -0.444 e. The molecule has 0 bridgehead atoms. The van der Waals surface area contributed by atoms with Gasteiger partial charge in [0.25, 0.3) is 0 Å². The molecule has 0 aliphatic carbocycles. The summed E-state index contributed by atoms with van der Waals surface area (Å²) >= 11 is 0. The molecule has 5 heteroatoms. The van der Waals surface area contributed by atoms with Gasteiger partial charge in [0.15, 0.2) is 0 Å². The molecule has 1 fully saturated rings. The zero-order chi connectivity index (χ0) is 24.2. The van der Waals surface area contributed by atoms with E-state index in [-0.39, 0.29) is 6.61 Å². The molecule has 1 aliphatic heterocycles. The Morgan fingerprint density at radius 1 is 1.22 bits per heavy atom. The maximum Gasteiger partial charge on any atom is 0.413 e. The maximum absolute atomic E-state index is 12.7. The first kappa shape index (κ1) is 28.5. The molecule has 0 spiro atoms. The van der Waals surface area contributed by atoms with Gasteiger partial charge in [0, 0.05) is 6.42 Å². The molecule has 1 N–H and O–H groups in total. The van der Waals surface area contributed by atoms with Crippen LogP contribution in [0.3, 0.4) is 0 Å². The fourth-order valence-corrected chi connectivity index (χ4v) is 3.86. The van der Waals surface area contributed by atoms with Crippen molar-refractivity contribution < 1.29 is 19.4 Å². The fraction of sp³-hybridized carbons (Fsp3) is 0.815. The third-order valence-electron chi connectivity index (χ3n) is 5.66. The number of amides is 1. The summed E-state index contributed by atoms with van der Waals surface area (Å²) in [6, 6.07) is -0.540. The minimum atomic E-state index is -0.970. The van der Waals surface area contributed by atoms with E-state index in [1.54, 1.807) is 13.8 Å². The number of aliphatic hydroxyl groups excluding tert-OH is 1. The lowest BCUT2D eigenvalue weighted by atomic mass is 10.0. The van der Waals surface area contributed by atoms with Crippen LogP contribution in [0.25, 0.3) is 0 Å². The van der Waals surface area contributed by atoms with E-state index in [4.69, 9.17) is 9.47 Å². The van der Waals surface area contributed by atoms with Gasteiger partial charge in [-0.25, -0.2) is 4.79 Å². The Labute approximate surface area is 196 Å². The van der Waals surface area contributed by atoms with Crippen molar-refractivity contribution >= 4 is 6.09 Å². The molecule has 1 heterocycles. The minimum absolute atomic E-state index is 0.236. The van der Waals surface area contributed by atoms with E-state index in [2.05, 4.69) is 31.8 Å². The second-order valence-corrected chi connectivity index (χ2v) is 10.4. The Bertz CT molecular complexity index is 651. The molecule has 184 valence electrons. The molecule has 0 saturated carbocycles. The van der Waals surface area contributed by atoms with Crippen LogP contribution in [-0.2, 0) is 9.47 Å². The molecule has 0 unspecified atom stereocenters. The highest BCUT2D eigenvalue weighted by Crippen LogP contribution is 2.30. The van der Waals surface area contributed by atoms with Gasteiger partial charge in [-0.3, -0.25) is 4.90 Å². The highest BCUT2D eigenvalue weighted by molar-refractivity contribution is 5.70. The van der Waals surface area contributed by atoms with Crippen molar-refractivity contribution in [1.82, 2.24) is 4.90 Å². The molecule has 0 aromatic rings. The molecule has 1 aliphatic rings. The summed E-state index contributed by atoms with van der Waals surface area (Å²) in [6.45, 7) is 13.7. The van der Waals surface area contributed by atoms with Gasteiger partial charge in [0.1, 0.15) is 17.4 Å². The van der Waals surface area contributed by atoms with E-state index in [0.29, 0.717) is 6.42 Å². The number of aliphatic hydroxyl groups is 1. The van der Waals surface area contributed by atoms with Gasteiger partial charge in [-0.15, -0.1) is 5.92 Å². The number of carbonyl (C=O) groups is 1. The summed E-state index contributed by atoms with van der Waals surface area (Å²) in [5.74, 6) is 5.98. The number of rotatable bonds is 11. The average Bonchev–Trinajstić information content (AvgIpc) is 3.00. The van der Waals surface area contributed by atoms with Crippen molar-refractivity contribution in [2.45, 2.75) is 136 Å². The van der Waals surface area contributed by atoms with Crippen molar-refractivity contribution in [2.75, 3.05) is 6.61 Å².